The Hall–Kier alpha value is -1.36. The molecule has 1 aromatic heterocycles. The maximum atomic E-state index is 10.7. The molecule has 1 atom stereocenters. The summed E-state index contributed by atoms with van der Waals surface area (Å²) in [5.74, 6) is -0.344. The molecule has 0 radical (unpaired) electrons. The maximum absolute atomic E-state index is 10.7. The van der Waals surface area contributed by atoms with Crippen molar-refractivity contribution < 1.29 is 14.4 Å². The van der Waals surface area contributed by atoms with E-state index in [1.165, 1.54) is 0 Å². The molecule has 0 aliphatic heterocycles. The van der Waals surface area contributed by atoms with Gasteiger partial charge >= 0.3 is 5.97 Å². The van der Waals surface area contributed by atoms with Gasteiger partial charge in [0.05, 0.1) is 11.6 Å². The number of rotatable bonds is 5. The number of aromatic nitrogens is 1. The van der Waals surface area contributed by atoms with Gasteiger partial charge in [0.15, 0.2) is 0 Å². The minimum atomic E-state index is -0.773. The van der Waals surface area contributed by atoms with Crippen molar-refractivity contribution in [1.29, 1.82) is 0 Å². The van der Waals surface area contributed by atoms with E-state index in [1.807, 2.05) is 25.8 Å². The van der Waals surface area contributed by atoms with E-state index in [-0.39, 0.29) is 5.92 Å². The molecule has 0 saturated heterocycles. The molecule has 0 aliphatic rings. The van der Waals surface area contributed by atoms with Crippen LogP contribution in [0.2, 0.25) is 0 Å². The zero-order chi connectivity index (χ0) is 12.3. The molecule has 0 bridgehead atoms. The van der Waals surface area contributed by atoms with Gasteiger partial charge in [0.1, 0.15) is 5.76 Å². The van der Waals surface area contributed by atoms with E-state index in [4.69, 9.17) is 9.63 Å². The van der Waals surface area contributed by atoms with Crippen LogP contribution in [0.4, 0.5) is 0 Å². The Kier molecular flexibility index (Phi) is 4.06. The SMILES string of the molecule is Cc1noc(C)c1CN(C)C[C@H](C)C(=O)O. The van der Waals surface area contributed by atoms with Crippen LogP contribution in [-0.4, -0.2) is 34.7 Å². The highest BCUT2D eigenvalue weighted by Gasteiger charge is 2.16. The highest BCUT2D eigenvalue weighted by molar-refractivity contribution is 5.69. The molecule has 5 heteroatoms. The van der Waals surface area contributed by atoms with Crippen LogP contribution in [0.15, 0.2) is 4.52 Å². The van der Waals surface area contributed by atoms with Gasteiger partial charge in [-0.1, -0.05) is 12.1 Å². The summed E-state index contributed by atoms with van der Waals surface area (Å²) in [5, 5.41) is 12.7. The number of aryl methyl sites for hydroxylation is 2. The normalized spacial score (nSPS) is 13.1. The van der Waals surface area contributed by atoms with Gasteiger partial charge in [-0.3, -0.25) is 4.79 Å². The van der Waals surface area contributed by atoms with Crippen LogP contribution in [0.25, 0.3) is 0 Å². The summed E-state index contributed by atoms with van der Waals surface area (Å²) in [4.78, 5) is 12.7. The van der Waals surface area contributed by atoms with Gasteiger partial charge in [-0.25, -0.2) is 0 Å². The summed E-state index contributed by atoms with van der Waals surface area (Å²) >= 11 is 0. The standard InChI is InChI=1S/C11H18N2O3/c1-7(11(14)15)5-13(4)6-10-8(2)12-16-9(10)3/h7H,5-6H2,1-4H3,(H,14,15)/t7-/m0/s1. The molecule has 90 valence electrons. The molecule has 1 N–H and O–H groups in total. The van der Waals surface area contributed by atoms with Gasteiger partial charge in [0.25, 0.3) is 0 Å². The van der Waals surface area contributed by atoms with Crippen LogP contribution in [-0.2, 0) is 11.3 Å². The van der Waals surface area contributed by atoms with E-state index >= 15 is 0 Å². The predicted molar refractivity (Wildman–Crippen MR) is 59.1 cm³/mol. The minimum absolute atomic E-state index is 0.370. The lowest BCUT2D eigenvalue weighted by Gasteiger charge is -2.18. The van der Waals surface area contributed by atoms with Gasteiger partial charge in [0.2, 0.25) is 0 Å². The Morgan fingerprint density at radius 3 is 2.62 bits per heavy atom. The molecule has 1 aromatic rings. The van der Waals surface area contributed by atoms with Crippen LogP contribution in [0.5, 0.6) is 0 Å². The first kappa shape index (κ1) is 12.7. The van der Waals surface area contributed by atoms with Crippen LogP contribution in [0.3, 0.4) is 0 Å². The molecule has 1 heterocycles. The third-order valence-electron chi connectivity index (χ3n) is 2.62. The molecule has 0 aromatic carbocycles. The monoisotopic (exact) mass is 226 g/mol. The second kappa shape index (κ2) is 5.12. The summed E-state index contributed by atoms with van der Waals surface area (Å²) in [6.07, 6.45) is 0. The van der Waals surface area contributed by atoms with Crippen molar-refractivity contribution in [2.75, 3.05) is 13.6 Å². The largest absolute Gasteiger partial charge is 0.481 e. The third kappa shape index (κ3) is 3.06. The van der Waals surface area contributed by atoms with Gasteiger partial charge in [-0.05, 0) is 20.9 Å². The minimum Gasteiger partial charge on any atom is -0.481 e. The second-order valence-corrected chi connectivity index (χ2v) is 4.24. The molecule has 5 nitrogen and oxygen atoms in total. The fraction of sp³-hybridized carbons (Fsp3) is 0.636. The highest BCUT2D eigenvalue weighted by Crippen LogP contribution is 2.14. The summed E-state index contributed by atoms with van der Waals surface area (Å²) in [6.45, 7) is 6.63. The van der Waals surface area contributed by atoms with Crippen molar-refractivity contribution >= 4 is 5.97 Å². The van der Waals surface area contributed by atoms with Crippen LogP contribution in [0, 0.1) is 19.8 Å². The molecule has 16 heavy (non-hydrogen) atoms. The van der Waals surface area contributed by atoms with E-state index in [9.17, 15) is 4.79 Å². The third-order valence-corrected chi connectivity index (χ3v) is 2.62. The topological polar surface area (TPSA) is 66.6 Å². The number of carbonyl (C=O) groups is 1. The number of hydrogen-bond donors (Lipinski definition) is 1. The molecule has 0 aliphatic carbocycles. The van der Waals surface area contributed by atoms with Crippen molar-refractivity contribution in [3.63, 3.8) is 0 Å². The smallest absolute Gasteiger partial charge is 0.307 e. The van der Waals surface area contributed by atoms with E-state index in [2.05, 4.69) is 5.16 Å². The Bertz CT molecular complexity index is 354. The van der Waals surface area contributed by atoms with Crippen molar-refractivity contribution in [3.8, 4) is 0 Å². The molecule has 1 rings (SSSR count). The van der Waals surface area contributed by atoms with E-state index in [0.717, 1.165) is 17.0 Å². The van der Waals surface area contributed by atoms with Crippen molar-refractivity contribution in [1.82, 2.24) is 10.1 Å². The second-order valence-electron chi connectivity index (χ2n) is 4.24. The molecule has 0 saturated carbocycles. The lowest BCUT2D eigenvalue weighted by atomic mass is 10.1. The van der Waals surface area contributed by atoms with Gasteiger partial charge in [0, 0.05) is 18.7 Å². The highest BCUT2D eigenvalue weighted by atomic mass is 16.5. The Balaban J connectivity index is 2.58. The average molecular weight is 226 g/mol. The van der Waals surface area contributed by atoms with E-state index in [0.29, 0.717) is 13.1 Å². The summed E-state index contributed by atoms with van der Waals surface area (Å²) in [7, 11) is 1.89. The van der Waals surface area contributed by atoms with Crippen LogP contribution >= 0.6 is 0 Å². The van der Waals surface area contributed by atoms with Crippen molar-refractivity contribution in [2.45, 2.75) is 27.3 Å². The average Bonchev–Trinajstić information content (AvgIpc) is 2.49. The molecule has 0 unspecified atom stereocenters. The Morgan fingerprint density at radius 2 is 2.19 bits per heavy atom. The van der Waals surface area contributed by atoms with Gasteiger partial charge in [-0.2, -0.15) is 0 Å². The van der Waals surface area contributed by atoms with E-state index < -0.39 is 5.97 Å². The number of carboxylic acids is 1. The number of aliphatic carboxylic acids is 1. The first-order valence-electron chi connectivity index (χ1n) is 5.25. The lowest BCUT2D eigenvalue weighted by molar-refractivity contribution is -0.141. The Labute approximate surface area is 95.0 Å². The van der Waals surface area contributed by atoms with Crippen molar-refractivity contribution in [2.24, 2.45) is 5.92 Å². The van der Waals surface area contributed by atoms with Gasteiger partial charge in [-0.15, -0.1) is 0 Å². The van der Waals surface area contributed by atoms with E-state index in [1.54, 1.807) is 6.92 Å². The molecular weight excluding hydrogens is 208 g/mol. The predicted octanol–water partition coefficient (Wildman–Crippen LogP) is 1.44. The van der Waals surface area contributed by atoms with Crippen LogP contribution in [0.1, 0.15) is 23.9 Å². The van der Waals surface area contributed by atoms with Gasteiger partial charge < -0.3 is 14.5 Å². The molecular formula is C11H18N2O3. The molecule has 0 fully saturated rings. The number of carboxylic acid groups (broad SMARTS) is 1. The number of nitrogens with zero attached hydrogens (tertiary/aromatic N) is 2. The molecule has 0 spiro atoms. The zero-order valence-electron chi connectivity index (χ0n) is 10.1. The maximum Gasteiger partial charge on any atom is 0.307 e. The fourth-order valence-corrected chi connectivity index (χ4v) is 1.61. The Morgan fingerprint density at radius 1 is 1.56 bits per heavy atom. The summed E-state index contributed by atoms with van der Waals surface area (Å²) < 4.78 is 5.06. The number of hydrogen-bond acceptors (Lipinski definition) is 4. The fourth-order valence-electron chi connectivity index (χ4n) is 1.61. The zero-order valence-corrected chi connectivity index (χ0v) is 10.1. The molecule has 0 amide bonds. The lowest BCUT2D eigenvalue weighted by Crippen LogP contribution is -2.28. The summed E-state index contributed by atoms with van der Waals surface area (Å²) in [6, 6.07) is 0. The van der Waals surface area contributed by atoms with Crippen molar-refractivity contribution in [3.05, 3.63) is 17.0 Å². The first-order valence-corrected chi connectivity index (χ1v) is 5.25. The first-order chi connectivity index (χ1) is 7.41. The summed E-state index contributed by atoms with van der Waals surface area (Å²) in [5.41, 5.74) is 1.91. The quantitative estimate of drug-likeness (QED) is 0.823. The van der Waals surface area contributed by atoms with Crippen LogP contribution < -0.4 is 0 Å².